The zero-order chi connectivity index (χ0) is 12.0. The topological polar surface area (TPSA) is 26.3 Å². The van der Waals surface area contributed by atoms with Gasteiger partial charge >= 0.3 is 0 Å². The summed E-state index contributed by atoms with van der Waals surface area (Å²) in [5.74, 6) is 0.969. The van der Waals surface area contributed by atoms with Gasteiger partial charge in [0.1, 0.15) is 5.60 Å². The average molecular weight is 226 g/mol. The van der Waals surface area contributed by atoms with Crippen LogP contribution in [-0.2, 0) is 9.53 Å². The fourth-order valence-corrected chi connectivity index (χ4v) is 2.87. The lowest BCUT2D eigenvalue weighted by atomic mass is 9.86. The Morgan fingerprint density at radius 2 is 1.75 bits per heavy atom. The van der Waals surface area contributed by atoms with Crippen molar-refractivity contribution in [1.29, 1.82) is 0 Å². The molecule has 16 heavy (non-hydrogen) atoms. The molecular weight excluding hydrogens is 200 g/mol. The summed E-state index contributed by atoms with van der Waals surface area (Å²) in [6, 6.07) is 0. The van der Waals surface area contributed by atoms with Gasteiger partial charge in [-0.3, -0.25) is 4.79 Å². The molecule has 2 nitrogen and oxygen atoms in total. The van der Waals surface area contributed by atoms with Crippen LogP contribution in [0.15, 0.2) is 0 Å². The lowest BCUT2D eigenvalue weighted by Crippen LogP contribution is -2.41. The highest BCUT2D eigenvalue weighted by Crippen LogP contribution is 2.32. The third-order valence-corrected chi connectivity index (χ3v) is 4.02. The fraction of sp³-hybridized carbons (Fsp3) is 0.929. The van der Waals surface area contributed by atoms with Crippen LogP contribution in [0.1, 0.15) is 65.7 Å². The van der Waals surface area contributed by atoms with Crippen LogP contribution >= 0.6 is 0 Å². The van der Waals surface area contributed by atoms with Gasteiger partial charge in [0.25, 0.3) is 0 Å². The molecule has 0 unspecified atom stereocenters. The molecule has 0 radical (unpaired) electrons. The first kappa shape index (κ1) is 13.7. The summed E-state index contributed by atoms with van der Waals surface area (Å²) in [6.45, 7) is 6.73. The average Bonchev–Trinajstić information content (AvgIpc) is 2.78. The number of rotatable bonds is 7. The van der Waals surface area contributed by atoms with Crippen LogP contribution in [-0.4, -0.2) is 18.0 Å². The molecule has 0 atom stereocenters. The van der Waals surface area contributed by atoms with Gasteiger partial charge in [0, 0.05) is 13.0 Å². The molecule has 1 aliphatic carbocycles. The Bertz CT molecular complexity index is 213. The smallest absolute Gasteiger partial charge is 0.164 e. The van der Waals surface area contributed by atoms with Crippen molar-refractivity contribution in [2.24, 2.45) is 5.92 Å². The maximum absolute atomic E-state index is 12.3. The van der Waals surface area contributed by atoms with Crippen molar-refractivity contribution >= 4 is 5.78 Å². The van der Waals surface area contributed by atoms with Gasteiger partial charge in [0.2, 0.25) is 0 Å². The molecular formula is C14H26O2. The van der Waals surface area contributed by atoms with Crippen LogP contribution < -0.4 is 0 Å². The summed E-state index contributed by atoms with van der Waals surface area (Å²) in [5, 5.41) is 0. The molecule has 0 aromatic rings. The predicted octanol–water partition coefficient (Wildman–Crippen LogP) is 3.73. The molecule has 2 heteroatoms. The predicted molar refractivity (Wildman–Crippen MR) is 66.5 cm³/mol. The van der Waals surface area contributed by atoms with Crippen molar-refractivity contribution in [1.82, 2.24) is 0 Å². The summed E-state index contributed by atoms with van der Waals surface area (Å²) >= 11 is 0. The van der Waals surface area contributed by atoms with Crippen LogP contribution in [0.25, 0.3) is 0 Å². The normalized spacial score (nSPS) is 17.9. The molecule has 0 saturated heterocycles. The Balaban J connectivity index is 2.58. The van der Waals surface area contributed by atoms with E-state index in [0.29, 0.717) is 18.3 Å². The minimum Gasteiger partial charge on any atom is -0.368 e. The van der Waals surface area contributed by atoms with E-state index in [1.807, 2.05) is 6.92 Å². The zero-order valence-corrected chi connectivity index (χ0v) is 11.1. The minimum atomic E-state index is -0.489. The molecule has 1 rings (SSSR count). The zero-order valence-electron chi connectivity index (χ0n) is 11.1. The number of carbonyl (C=O) groups excluding carboxylic acids is 1. The van der Waals surface area contributed by atoms with Crippen molar-refractivity contribution in [3.63, 3.8) is 0 Å². The minimum absolute atomic E-state index is 0.339. The Hall–Kier alpha value is -0.370. The summed E-state index contributed by atoms with van der Waals surface area (Å²) in [5.41, 5.74) is -0.489. The molecule has 1 aliphatic rings. The Kier molecular flexibility index (Phi) is 5.47. The van der Waals surface area contributed by atoms with E-state index < -0.39 is 5.60 Å². The first-order chi connectivity index (χ1) is 7.68. The van der Waals surface area contributed by atoms with Crippen molar-refractivity contribution in [2.45, 2.75) is 71.3 Å². The molecule has 0 N–H and O–H groups in total. The van der Waals surface area contributed by atoms with Crippen molar-refractivity contribution in [3.05, 3.63) is 0 Å². The van der Waals surface area contributed by atoms with Gasteiger partial charge in [0.15, 0.2) is 5.78 Å². The second kappa shape index (κ2) is 6.39. The quantitative estimate of drug-likeness (QED) is 0.661. The van der Waals surface area contributed by atoms with Crippen LogP contribution in [0.4, 0.5) is 0 Å². The summed E-state index contributed by atoms with van der Waals surface area (Å²) in [6.07, 6.45) is 7.44. The van der Waals surface area contributed by atoms with E-state index in [9.17, 15) is 4.79 Å². The largest absolute Gasteiger partial charge is 0.368 e. The number of carbonyl (C=O) groups is 1. The number of ether oxygens (including phenoxy) is 1. The van der Waals surface area contributed by atoms with Gasteiger partial charge < -0.3 is 4.74 Å². The first-order valence-electron chi connectivity index (χ1n) is 6.85. The summed E-state index contributed by atoms with van der Waals surface area (Å²) in [7, 11) is 0. The Morgan fingerprint density at radius 3 is 2.19 bits per heavy atom. The fourth-order valence-electron chi connectivity index (χ4n) is 2.87. The molecule has 0 amide bonds. The molecule has 0 bridgehead atoms. The molecule has 0 heterocycles. The highest BCUT2D eigenvalue weighted by atomic mass is 16.5. The maximum atomic E-state index is 12.3. The standard InChI is InChI=1S/C14H26O2/c1-4-14(5-2,16-6-3)13(15)11-12-9-7-8-10-12/h12H,4-11H2,1-3H3. The van der Waals surface area contributed by atoms with E-state index >= 15 is 0 Å². The Morgan fingerprint density at radius 1 is 1.19 bits per heavy atom. The highest BCUT2D eigenvalue weighted by Gasteiger charge is 2.36. The van der Waals surface area contributed by atoms with Gasteiger partial charge in [-0.1, -0.05) is 39.5 Å². The second-order valence-electron chi connectivity index (χ2n) is 4.91. The third-order valence-electron chi connectivity index (χ3n) is 4.02. The van der Waals surface area contributed by atoms with Crippen molar-refractivity contribution in [3.8, 4) is 0 Å². The van der Waals surface area contributed by atoms with E-state index in [-0.39, 0.29) is 0 Å². The maximum Gasteiger partial charge on any atom is 0.164 e. The monoisotopic (exact) mass is 226 g/mol. The van der Waals surface area contributed by atoms with Gasteiger partial charge in [-0.15, -0.1) is 0 Å². The van der Waals surface area contributed by atoms with Gasteiger partial charge in [-0.05, 0) is 25.7 Å². The molecule has 1 saturated carbocycles. The van der Waals surface area contributed by atoms with Crippen LogP contribution in [0, 0.1) is 5.92 Å². The molecule has 0 aliphatic heterocycles. The van der Waals surface area contributed by atoms with Crippen LogP contribution in [0.2, 0.25) is 0 Å². The molecule has 0 aromatic carbocycles. The SMILES string of the molecule is CCOC(CC)(CC)C(=O)CC1CCCC1. The molecule has 0 spiro atoms. The third kappa shape index (κ3) is 3.07. The van der Waals surface area contributed by atoms with E-state index in [1.165, 1.54) is 25.7 Å². The summed E-state index contributed by atoms with van der Waals surface area (Å²) in [4.78, 5) is 12.3. The summed E-state index contributed by atoms with van der Waals surface area (Å²) < 4.78 is 5.75. The van der Waals surface area contributed by atoms with Gasteiger partial charge in [0.05, 0.1) is 0 Å². The van der Waals surface area contributed by atoms with Gasteiger partial charge in [-0.25, -0.2) is 0 Å². The first-order valence-corrected chi connectivity index (χ1v) is 6.85. The lowest BCUT2D eigenvalue weighted by molar-refractivity contribution is -0.146. The van der Waals surface area contributed by atoms with E-state index in [1.54, 1.807) is 0 Å². The second-order valence-corrected chi connectivity index (χ2v) is 4.91. The van der Waals surface area contributed by atoms with E-state index in [0.717, 1.165) is 19.3 Å². The van der Waals surface area contributed by atoms with Crippen LogP contribution in [0.5, 0.6) is 0 Å². The molecule has 94 valence electrons. The van der Waals surface area contributed by atoms with E-state index in [4.69, 9.17) is 4.74 Å². The number of hydrogen-bond acceptors (Lipinski definition) is 2. The molecule has 0 aromatic heterocycles. The number of ketones is 1. The number of Topliss-reactive ketones (excluding diaryl/α,β-unsaturated/α-hetero) is 1. The highest BCUT2D eigenvalue weighted by molar-refractivity contribution is 5.87. The number of hydrogen-bond donors (Lipinski definition) is 0. The van der Waals surface area contributed by atoms with Crippen molar-refractivity contribution in [2.75, 3.05) is 6.61 Å². The van der Waals surface area contributed by atoms with Crippen LogP contribution in [0.3, 0.4) is 0 Å². The Labute approximate surface area is 99.8 Å². The van der Waals surface area contributed by atoms with Gasteiger partial charge in [-0.2, -0.15) is 0 Å². The van der Waals surface area contributed by atoms with E-state index in [2.05, 4.69) is 13.8 Å². The molecule has 1 fully saturated rings. The lowest BCUT2D eigenvalue weighted by Gasteiger charge is -2.31. The van der Waals surface area contributed by atoms with Crippen molar-refractivity contribution < 1.29 is 9.53 Å².